The Bertz CT molecular complexity index is 256. The zero-order valence-corrected chi connectivity index (χ0v) is 8.64. The minimum atomic E-state index is 0.288. The predicted octanol–water partition coefficient (Wildman–Crippen LogP) is 2.90. The Kier molecular flexibility index (Phi) is 4.61. The van der Waals surface area contributed by atoms with Crippen LogP contribution in [0.2, 0.25) is 0 Å². The number of hydrogen-bond donors (Lipinski definition) is 0. The van der Waals surface area contributed by atoms with E-state index in [1.807, 2.05) is 24.5 Å². The smallest absolute Gasteiger partial charge is 0.188 e. The SMILES string of the molecule is CSC(=O)CCCc1ccccc1. The molecule has 13 heavy (non-hydrogen) atoms. The molecule has 0 heterocycles. The molecule has 1 aromatic carbocycles. The van der Waals surface area contributed by atoms with E-state index in [1.165, 1.54) is 17.3 Å². The Morgan fingerprint density at radius 1 is 1.31 bits per heavy atom. The molecule has 1 nitrogen and oxygen atoms in total. The summed E-state index contributed by atoms with van der Waals surface area (Å²) >= 11 is 1.32. The van der Waals surface area contributed by atoms with Crippen LogP contribution in [0.4, 0.5) is 0 Å². The first kappa shape index (κ1) is 10.3. The summed E-state index contributed by atoms with van der Waals surface area (Å²) in [5.41, 5.74) is 1.32. The van der Waals surface area contributed by atoms with Crippen molar-refractivity contribution in [2.24, 2.45) is 0 Å². The van der Waals surface area contributed by atoms with Crippen molar-refractivity contribution in [2.75, 3.05) is 6.26 Å². The quantitative estimate of drug-likeness (QED) is 0.733. The molecule has 0 unspecified atom stereocenters. The van der Waals surface area contributed by atoms with Gasteiger partial charge >= 0.3 is 0 Å². The van der Waals surface area contributed by atoms with Gasteiger partial charge in [0.05, 0.1) is 0 Å². The molecular weight excluding hydrogens is 180 g/mol. The molecule has 0 saturated heterocycles. The van der Waals surface area contributed by atoms with Crippen LogP contribution in [-0.4, -0.2) is 11.4 Å². The third-order valence-corrected chi connectivity index (χ3v) is 2.58. The lowest BCUT2D eigenvalue weighted by atomic mass is 10.1. The summed E-state index contributed by atoms with van der Waals surface area (Å²) < 4.78 is 0. The first-order valence-corrected chi connectivity index (χ1v) is 5.66. The van der Waals surface area contributed by atoms with Crippen molar-refractivity contribution in [1.82, 2.24) is 0 Å². The molecule has 0 aromatic heterocycles. The molecule has 1 rings (SSSR count). The van der Waals surface area contributed by atoms with Gasteiger partial charge in [0.1, 0.15) is 0 Å². The van der Waals surface area contributed by atoms with Crippen LogP contribution in [0.3, 0.4) is 0 Å². The van der Waals surface area contributed by atoms with Gasteiger partial charge in [-0.05, 0) is 24.7 Å². The summed E-state index contributed by atoms with van der Waals surface area (Å²) in [6.45, 7) is 0. The van der Waals surface area contributed by atoms with E-state index in [1.54, 1.807) is 0 Å². The van der Waals surface area contributed by atoms with Gasteiger partial charge in [-0.25, -0.2) is 0 Å². The summed E-state index contributed by atoms with van der Waals surface area (Å²) in [6.07, 6.45) is 4.50. The lowest BCUT2D eigenvalue weighted by Gasteiger charge is -1.99. The maximum absolute atomic E-state index is 11.0. The maximum atomic E-state index is 11.0. The van der Waals surface area contributed by atoms with E-state index in [0.29, 0.717) is 6.42 Å². The Morgan fingerprint density at radius 2 is 2.00 bits per heavy atom. The second kappa shape index (κ2) is 5.81. The van der Waals surface area contributed by atoms with Crippen molar-refractivity contribution in [2.45, 2.75) is 19.3 Å². The van der Waals surface area contributed by atoms with Crippen LogP contribution in [0.1, 0.15) is 18.4 Å². The van der Waals surface area contributed by atoms with E-state index >= 15 is 0 Å². The van der Waals surface area contributed by atoms with Gasteiger partial charge in [-0.15, -0.1) is 0 Å². The molecule has 0 spiro atoms. The maximum Gasteiger partial charge on any atom is 0.188 e. The molecule has 0 fully saturated rings. The molecule has 0 aliphatic heterocycles. The molecule has 0 atom stereocenters. The lowest BCUT2D eigenvalue weighted by Crippen LogP contribution is -1.92. The van der Waals surface area contributed by atoms with Gasteiger partial charge in [0.25, 0.3) is 0 Å². The van der Waals surface area contributed by atoms with Crippen molar-refractivity contribution in [1.29, 1.82) is 0 Å². The first-order chi connectivity index (χ1) is 6.33. The van der Waals surface area contributed by atoms with E-state index in [4.69, 9.17) is 0 Å². The number of hydrogen-bond acceptors (Lipinski definition) is 2. The monoisotopic (exact) mass is 194 g/mol. The standard InChI is InChI=1S/C11H14OS/c1-13-11(12)9-5-8-10-6-3-2-4-7-10/h2-4,6-7H,5,8-9H2,1H3. The molecule has 0 radical (unpaired) electrons. The molecule has 2 heteroatoms. The fraction of sp³-hybridized carbons (Fsp3) is 0.364. The zero-order chi connectivity index (χ0) is 9.52. The number of carbonyl (C=O) groups is 1. The number of thioether (sulfide) groups is 1. The molecule has 70 valence electrons. The number of benzene rings is 1. The lowest BCUT2D eigenvalue weighted by molar-refractivity contribution is -0.111. The van der Waals surface area contributed by atoms with Crippen molar-refractivity contribution in [3.63, 3.8) is 0 Å². The summed E-state index contributed by atoms with van der Waals surface area (Å²) in [4.78, 5) is 11.0. The van der Waals surface area contributed by atoms with E-state index in [9.17, 15) is 4.79 Å². The molecule has 0 amide bonds. The van der Waals surface area contributed by atoms with Crippen LogP contribution in [0.25, 0.3) is 0 Å². The van der Waals surface area contributed by atoms with Gasteiger partial charge in [0.15, 0.2) is 5.12 Å². The third kappa shape index (κ3) is 4.13. The number of carbonyl (C=O) groups excluding carboxylic acids is 1. The van der Waals surface area contributed by atoms with Crippen molar-refractivity contribution >= 4 is 16.9 Å². The van der Waals surface area contributed by atoms with E-state index < -0.39 is 0 Å². The van der Waals surface area contributed by atoms with E-state index in [-0.39, 0.29) is 5.12 Å². The largest absolute Gasteiger partial charge is 0.287 e. The van der Waals surface area contributed by atoms with Gasteiger partial charge in [0.2, 0.25) is 0 Å². The molecule has 1 aromatic rings. The fourth-order valence-corrected chi connectivity index (χ4v) is 1.53. The Balaban J connectivity index is 2.24. The highest BCUT2D eigenvalue weighted by Crippen LogP contribution is 2.08. The van der Waals surface area contributed by atoms with Crippen LogP contribution in [0.5, 0.6) is 0 Å². The van der Waals surface area contributed by atoms with Gasteiger partial charge < -0.3 is 0 Å². The van der Waals surface area contributed by atoms with Crippen LogP contribution in [0, 0.1) is 0 Å². The summed E-state index contributed by atoms with van der Waals surface area (Å²) in [6, 6.07) is 10.3. The van der Waals surface area contributed by atoms with Gasteiger partial charge in [-0.1, -0.05) is 42.1 Å². The fourth-order valence-electron chi connectivity index (χ4n) is 1.18. The van der Waals surface area contributed by atoms with E-state index in [0.717, 1.165) is 12.8 Å². The minimum Gasteiger partial charge on any atom is -0.287 e. The Morgan fingerprint density at radius 3 is 2.62 bits per heavy atom. The average Bonchev–Trinajstić information content (AvgIpc) is 2.19. The van der Waals surface area contributed by atoms with Crippen molar-refractivity contribution in [3.8, 4) is 0 Å². The van der Waals surface area contributed by atoms with Crippen LogP contribution < -0.4 is 0 Å². The van der Waals surface area contributed by atoms with Crippen LogP contribution >= 0.6 is 11.8 Å². The zero-order valence-electron chi connectivity index (χ0n) is 7.82. The van der Waals surface area contributed by atoms with Crippen LogP contribution in [0.15, 0.2) is 30.3 Å². The van der Waals surface area contributed by atoms with Crippen LogP contribution in [-0.2, 0) is 11.2 Å². The highest BCUT2D eigenvalue weighted by Gasteiger charge is 1.98. The van der Waals surface area contributed by atoms with Gasteiger partial charge in [0, 0.05) is 6.42 Å². The van der Waals surface area contributed by atoms with Crippen molar-refractivity contribution in [3.05, 3.63) is 35.9 Å². The second-order valence-electron chi connectivity index (χ2n) is 2.92. The summed E-state index contributed by atoms with van der Waals surface area (Å²) in [7, 11) is 0. The number of rotatable bonds is 4. The Labute approximate surface area is 83.5 Å². The highest BCUT2D eigenvalue weighted by atomic mass is 32.2. The van der Waals surface area contributed by atoms with Crippen molar-refractivity contribution < 1.29 is 4.79 Å². The average molecular weight is 194 g/mol. The Hall–Kier alpha value is -0.760. The topological polar surface area (TPSA) is 17.1 Å². The molecule has 0 saturated carbocycles. The first-order valence-electron chi connectivity index (χ1n) is 4.43. The second-order valence-corrected chi connectivity index (χ2v) is 3.78. The summed E-state index contributed by atoms with van der Waals surface area (Å²) in [5.74, 6) is 0. The molecule has 0 aliphatic rings. The molecule has 0 aliphatic carbocycles. The van der Waals surface area contributed by atoms with E-state index in [2.05, 4.69) is 12.1 Å². The molecular formula is C11H14OS. The normalized spacial score (nSPS) is 9.92. The van der Waals surface area contributed by atoms with Gasteiger partial charge in [-0.2, -0.15) is 0 Å². The minimum absolute atomic E-state index is 0.288. The summed E-state index contributed by atoms with van der Waals surface area (Å²) in [5, 5.41) is 0.288. The molecule has 0 bridgehead atoms. The van der Waals surface area contributed by atoms with Gasteiger partial charge in [-0.3, -0.25) is 4.79 Å². The molecule has 0 N–H and O–H groups in total. The highest BCUT2D eigenvalue weighted by molar-refractivity contribution is 8.13. The predicted molar refractivity (Wildman–Crippen MR) is 57.9 cm³/mol. The third-order valence-electron chi connectivity index (χ3n) is 1.92. The number of aryl methyl sites for hydroxylation is 1.